The molecule has 3 rings (SSSR count). The van der Waals surface area contributed by atoms with E-state index < -0.39 is 11.8 Å². The smallest absolute Gasteiger partial charge is 0.315 e. The van der Waals surface area contributed by atoms with Gasteiger partial charge in [-0.25, -0.2) is 0 Å². The molecule has 0 N–H and O–H groups in total. The van der Waals surface area contributed by atoms with E-state index in [2.05, 4.69) is 4.99 Å². The molecule has 0 saturated heterocycles. The predicted octanol–water partition coefficient (Wildman–Crippen LogP) is 5.13. The molecule has 0 aromatic heterocycles. The molecule has 0 amide bonds. The van der Waals surface area contributed by atoms with Crippen LogP contribution in [0.1, 0.15) is 51.0 Å². The minimum absolute atomic E-state index is 0.0248. The van der Waals surface area contributed by atoms with E-state index in [1.54, 1.807) is 12.1 Å². The van der Waals surface area contributed by atoms with Crippen molar-refractivity contribution in [1.29, 1.82) is 0 Å². The van der Waals surface area contributed by atoms with Gasteiger partial charge in [-0.2, -0.15) is 0 Å². The first-order valence-electron chi connectivity index (χ1n) is 8.87. The van der Waals surface area contributed by atoms with Gasteiger partial charge in [0.2, 0.25) is 0 Å². The van der Waals surface area contributed by atoms with Crippen LogP contribution >= 0.6 is 23.2 Å². The van der Waals surface area contributed by atoms with E-state index in [-0.39, 0.29) is 11.8 Å². The lowest BCUT2D eigenvalue weighted by atomic mass is 9.71. The Balaban J connectivity index is 2.16. The number of ketones is 1. The van der Waals surface area contributed by atoms with Gasteiger partial charge < -0.3 is 4.74 Å². The summed E-state index contributed by atoms with van der Waals surface area (Å²) in [5.74, 6) is -1.53. The molecule has 0 spiro atoms. The Morgan fingerprint density at radius 1 is 1.31 bits per heavy atom. The molecule has 1 heterocycles. The van der Waals surface area contributed by atoms with E-state index in [1.807, 2.05) is 19.9 Å². The number of ether oxygens (including phenoxy) is 1. The van der Waals surface area contributed by atoms with Crippen molar-refractivity contribution in [1.82, 2.24) is 0 Å². The van der Waals surface area contributed by atoms with Crippen LogP contribution in [0.15, 0.2) is 34.5 Å². The third kappa shape index (κ3) is 3.45. The quantitative estimate of drug-likeness (QED) is 0.666. The van der Waals surface area contributed by atoms with Crippen LogP contribution in [-0.2, 0) is 14.3 Å². The van der Waals surface area contributed by atoms with E-state index in [4.69, 9.17) is 27.9 Å². The van der Waals surface area contributed by atoms with Gasteiger partial charge in [0, 0.05) is 29.3 Å². The van der Waals surface area contributed by atoms with Crippen LogP contribution in [0.5, 0.6) is 0 Å². The Morgan fingerprint density at radius 3 is 2.81 bits per heavy atom. The summed E-state index contributed by atoms with van der Waals surface area (Å²) in [4.78, 5) is 30.1. The van der Waals surface area contributed by atoms with Crippen molar-refractivity contribution in [3.63, 3.8) is 0 Å². The lowest BCUT2D eigenvalue weighted by molar-refractivity contribution is -0.146. The van der Waals surface area contributed by atoms with E-state index in [0.29, 0.717) is 39.9 Å². The molecule has 1 aromatic rings. The second kappa shape index (κ2) is 7.93. The molecule has 0 saturated carbocycles. The summed E-state index contributed by atoms with van der Waals surface area (Å²) in [6, 6.07) is 5.30. The van der Waals surface area contributed by atoms with Gasteiger partial charge in [-0.05, 0) is 37.8 Å². The topological polar surface area (TPSA) is 55.7 Å². The van der Waals surface area contributed by atoms with Crippen molar-refractivity contribution in [3.8, 4) is 0 Å². The van der Waals surface area contributed by atoms with Gasteiger partial charge in [-0.15, -0.1) is 0 Å². The van der Waals surface area contributed by atoms with Crippen LogP contribution in [0, 0.1) is 5.92 Å². The zero-order valence-corrected chi connectivity index (χ0v) is 16.4. The number of carbonyl (C=O) groups excluding carboxylic acids is 2. The molecular formula is C20H21Cl2NO3. The number of rotatable bonds is 4. The Bertz CT molecular complexity index is 813. The normalized spacial score (nSPS) is 22.8. The monoisotopic (exact) mass is 393 g/mol. The minimum atomic E-state index is -0.668. The molecule has 1 aromatic carbocycles. The Kier molecular flexibility index (Phi) is 5.83. The number of aliphatic imine (C=N–C) groups is 1. The lowest BCUT2D eigenvalue weighted by Crippen LogP contribution is -2.37. The third-order valence-electron chi connectivity index (χ3n) is 4.85. The fourth-order valence-electron chi connectivity index (χ4n) is 3.70. The molecule has 1 aliphatic carbocycles. The summed E-state index contributed by atoms with van der Waals surface area (Å²) in [5.41, 5.74) is 2.68. The number of halogens is 2. The lowest BCUT2D eigenvalue weighted by Gasteiger charge is -2.34. The second-order valence-corrected chi connectivity index (χ2v) is 7.44. The summed E-state index contributed by atoms with van der Waals surface area (Å²) in [6.45, 7) is 4.08. The van der Waals surface area contributed by atoms with Crippen molar-refractivity contribution in [2.45, 2.75) is 45.4 Å². The average Bonchev–Trinajstić information content (AvgIpc) is 2.61. The SMILES string of the molecule is CCCOC(=O)C1C(C)=NC2=C(C(=O)CCC2)[C@H]1c1cccc(Cl)c1Cl. The predicted molar refractivity (Wildman–Crippen MR) is 103 cm³/mol. The van der Waals surface area contributed by atoms with Crippen LogP contribution in [0.2, 0.25) is 10.0 Å². The largest absolute Gasteiger partial charge is 0.465 e. The highest BCUT2D eigenvalue weighted by atomic mass is 35.5. The first-order chi connectivity index (χ1) is 12.5. The van der Waals surface area contributed by atoms with E-state index in [9.17, 15) is 9.59 Å². The van der Waals surface area contributed by atoms with Crippen molar-refractivity contribution < 1.29 is 14.3 Å². The van der Waals surface area contributed by atoms with Gasteiger partial charge >= 0.3 is 5.97 Å². The van der Waals surface area contributed by atoms with Gasteiger partial charge in [0.25, 0.3) is 0 Å². The highest BCUT2D eigenvalue weighted by Gasteiger charge is 2.44. The molecule has 2 atom stereocenters. The first-order valence-corrected chi connectivity index (χ1v) is 9.63. The Labute approximate surface area is 163 Å². The van der Waals surface area contributed by atoms with Gasteiger partial charge in [-0.1, -0.05) is 42.3 Å². The zero-order valence-electron chi connectivity index (χ0n) is 14.9. The number of hydrogen-bond donors (Lipinski definition) is 0. The number of carbonyl (C=O) groups is 2. The number of hydrogen-bond acceptors (Lipinski definition) is 4. The maximum absolute atomic E-state index is 12.8. The van der Waals surface area contributed by atoms with E-state index >= 15 is 0 Å². The maximum Gasteiger partial charge on any atom is 0.315 e. The summed E-state index contributed by atoms with van der Waals surface area (Å²) >= 11 is 12.7. The summed E-state index contributed by atoms with van der Waals surface area (Å²) in [5, 5.41) is 0.766. The summed E-state index contributed by atoms with van der Waals surface area (Å²) in [7, 11) is 0. The van der Waals surface area contributed by atoms with E-state index in [0.717, 1.165) is 25.0 Å². The fraction of sp³-hybridized carbons (Fsp3) is 0.450. The number of esters is 1. The number of nitrogens with zero attached hydrogens (tertiary/aromatic N) is 1. The van der Waals surface area contributed by atoms with Gasteiger partial charge in [0.05, 0.1) is 16.7 Å². The second-order valence-electron chi connectivity index (χ2n) is 6.66. The molecule has 138 valence electrons. The van der Waals surface area contributed by atoms with E-state index in [1.165, 1.54) is 0 Å². The van der Waals surface area contributed by atoms with Crippen molar-refractivity contribution in [2.24, 2.45) is 10.9 Å². The van der Waals surface area contributed by atoms with Crippen LogP contribution < -0.4 is 0 Å². The zero-order chi connectivity index (χ0) is 18.8. The maximum atomic E-state index is 12.8. The van der Waals surface area contributed by atoms with Gasteiger partial charge in [-0.3, -0.25) is 14.6 Å². The average molecular weight is 394 g/mol. The molecular weight excluding hydrogens is 373 g/mol. The molecule has 6 heteroatoms. The standard InChI is InChI=1S/C20H21Cl2NO3/c1-3-10-26-20(25)16-11(2)23-14-8-5-9-15(24)18(14)17(16)12-6-4-7-13(21)19(12)22/h4,6-7,16-17H,3,5,8-10H2,1-2H3/t16?,17-/m0/s1. The molecule has 1 unspecified atom stereocenters. The Morgan fingerprint density at radius 2 is 2.08 bits per heavy atom. The van der Waals surface area contributed by atoms with Crippen LogP contribution in [-0.4, -0.2) is 24.1 Å². The van der Waals surface area contributed by atoms with Gasteiger partial charge in [0.15, 0.2) is 5.78 Å². The molecule has 0 radical (unpaired) electrons. The number of Topliss-reactive ketones (excluding diaryl/α,β-unsaturated/α-hetero) is 1. The summed E-state index contributed by atoms with van der Waals surface area (Å²) < 4.78 is 5.41. The fourth-order valence-corrected chi connectivity index (χ4v) is 4.13. The Hall–Kier alpha value is -1.65. The van der Waals surface area contributed by atoms with Crippen LogP contribution in [0.25, 0.3) is 0 Å². The molecule has 2 aliphatic rings. The highest BCUT2D eigenvalue weighted by molar-refractivity contribution is 6.42. The third-order valence-corrected chi connectivity index (χ3v) is 5.69. The highest BCUT2D eigenvalue weighted by Crippen LogP contribution is 2.46. The molecule has 0 bridgehead atoms. The number of benzene rings is 1. The molecule has 1 aliphatic heterocycles. The summed E-state index contributed by atoms with van der Waals surface area (Å²) in [6.07, 6.45) is 2.68. The van der Waals surface area contributed by atoms with Crippen molar-refractivity contribution >= 4 is 40.7 Å². The molecule has 26 heavy (non-hydrogen) atoms. The van der Waals surface area contributed by atoms with Crippen LogP contribution in [0.4, 0.5) is 0 Å². The van der Waals surface area contributed by atoms with Crippen LogP contribution in [0.3, 0.4) is 0 Å². The van der Waals surface area contributed by atoms with Crippen molar-refractivity contribution in [2.75, 3.05) is 6.61 Å². The molecule has 4 nitrogen and oxygen atoms in total. The minimum Gasteiger partial charge on any atom is -0.465 e. The van der Waals surface area contributed by atoms with Gasteiger partial charge in [0.1, 0.15) is 5.92 Å². The molecule has 0 fully saturated rings. The number of allylic oxidation sites excluding steroid dienone is 2. The first kappa shape index (κ1) is 19.1. The van der Waals surface area contributed by atoms with Crippen molar-refractivity contribution in [3.05, 3.63) is 45.1 Å².